The molecular formula is C120H174. The summed E-state index contributed by atoms with van der Waals surface area (Å²) in [6.45, 7) is 109. The molecule has 0 amide bonds. The van der Waals surface area contributed by atoms with Crippen molar-refractivity contribution in [1.29, 1.82) is 0 Å². The van der Waals surface area contributed by atoms with E-state index in [0.29, 0.717) is 5.41 Å². The van der Waals surface area contributed by atoms with E-state index in [4.69, 9.17) is 0 Å². The molecule has 2 fully saturated rings. The minimum atomic E-state index is 0.538. The van der Waals surface area contributed by atoms with Crippen LogP contribution in [0.15, 0.2) is 91.0 Å². The lowest BCUT2D eigenvalue weighted by Crippen LogP contribution is -2.62. The van der Waals surface area contributed by atoms with Gasteiger partial charge in [0.05, 0.1) is 0 Å². The van der Waals surface area contributed by atoms with E-state index in [2.05, 4.69) is 398 Å². The van der Waals surface area contributed by atoms with Gasteiger partial charge >= 0.3 is 0 Å². The lowest BCUT2D eigenvalue weighted by molar-refractivity contribution is -0.191. The molecule has 0 heterocycles. The van der Waals surface area contributed by atoms with E-state index >= 15 is 0 Å². The third-order valence-electron chi connectivity index (χ3n) is 34.8. The average molecular weight is 1620 g/mol. The molecule has 0 aliphatic heterocycles. The van der Waals surface area contributed by atoms with Crippen LogP contribution < -0.4 is 0 Å². The molecule has 2 aliphatic carbocycles. The molecule has 654 valence electrons. The first-order valence-corrected chi connectivity index (χ1v) is 46.7. The highest BCUT2D eigenvalue weighted by molar-refractivity contribution is 5.97. The monoisotopic (exact) mass is 1620 g/mol. The molecule has 8 atom stereocenters. The van der Waals surface area contributed by atoms with E-state index in [1.165, 1.54) is 239 Å². The van der Waals surface area contributed by atoms with Gasteiger partial charge in [0.25, 0.3) is 0 Å². The highest BCUT2D eigenvalue weighted by atomic mass is 14.7. The van der Waals surface area contributed by atoms with Crippen LogP contribution in [0.25, 0.3) is 21.9 Å². The fourth-order valence-corrected chi connectivity index (χ4v) is 21.7. The molecule has 10 aromatic rings. The molecule has 2 saturated carbocycles. The second-order valence-electron chi connectivity index (χ2n) is 38.7. The van der Waals surface area contributed by atoms with Gasteiger partial charge in [-0.1, -0.05) is 181 Å². The Morgan fingerprint density at radius 2 is 0.317 bits per heavy atom. The second kappa shape index (κ2) is 43.7. The van der Waals surface area contributed by atoms with Crippen molar-refractivity contribution < 1.29 is 0 Å². The van der Waals surface area contributed by atoms with Gasteiger partial charge in [0.1, 0.15) is 0 Å². The summed E-state index contributed by atoms with van der Waals surface area (Å²) >= 11 is 0. The number of hydrogen-bond acceptors (Lipinski definition) is 0. The molecule has 0 nitrogen and oxygen atoms in total. The van der Waals surface area contributed by atoms with E-state index < -0.39 is 0 Å². The van der Waals surface area contributed by atoms with Crippen LogP contribution in [-0.4, -0.2) is 0 Å². The predicted octanol–water partition coefficient (Wildman–Crippen LogP) is 34.8. The van der Waals surface area contributed by atoms with Crippen molar-refractivity contribution in [2.24, 2.45) is 64.6 Å². The van der Waals surface area contributed by atoms with E-state index in [-0.39, 0.29) is 0 Å². The molecule has 0 bridgehead atoms. The zero-order valence-corrected chi connectivity index (χ0v) is 86.3. The Hall–Kier alpha value is -7.54. The number of aryl methyl sites for hydroxylation is 7. The van der Waals surface area contributed by atoms with Crippen LogP contribution >= 0.6 is 0 Å². The maximum atomic E-state index is 2.59. The van der Waals surface area contributed by atoms with Gasteiger partial charge in [-0.05, 0) is 565 Å². The lowest BCUT2D eigenvalue weighted by atomic mass is 9.38. The number of benzene rings is 10. The largest absolute Gasteiger partial charge is 0.0622 e. The quantitative estimate of drug-likeness (QED) is 0.156. The fourth-order valence-electron chi connectivity index (χ4n) is 21.7. The maximum Gasteiger partial charge on any atom is -0.00149 e. The van der Waals surface area contributed by atoms with Gasteiger partial charge in [0.2, 0.25) is 0 Å². The molecule has 2 aliphatic rings. The van der Waals surface area contributed by atoms with Gasteiger partial charge in [-0.3, -0.25) is 0 Å². The first-order chi connectivity index (χ1) is 55.8. The van der Waals surface area contributed by atoms with Crippen molar-refractivity contribution in [3.05, 3.63) is 308 Å². The first-order valence-electron chi connectivity index (χ1n) is 46.7. The molecule has 0 aromatic heterocycles. The van der Waals surface area contributed by atoms with E-state index in [1.807, 2.05) is 18.2 Å². The summed E-state index contributed by atoms with van der Waals surface area (Å²) in [5, 5.41) is 2.97. The molecule has 120 heavy (non-hydrogen) atoms. The predicted molar refractivity (Wildman–Crippen MR) is 541 cm³/mol. The molecule has 1 spiro atoms. The van der Waals surface area contributed by atoms with Crippen molar-refractivity contribution in [2.45, 2.75) is 351 Å². The Morgan fingerprint density at radius 1 is 0.175 bits per heavy atom. The molecule has 10 aromatic carbocycles. The number of rotatable bonds is 6. The topological polar surface area (TPSA) is 0 Å². The van der Waals surface area contributed by atoms with Crippen LogP contribution in [0.2, 0.25) is 0 Å². The van der Waals surface area contributed by atoms with Crippen molar-refractivity contribution >= 4 is 10.8 Å². The van der Waals surface area contributed by atoms with Crippen LogP contribution in [0, 0.1) is 300 Å². The van der Waals surface area contributed by atoms with Gasteiger partial charge in [-0.25, -0.2) is 0 Å². The summed E-state index contributed by atoms with van der Waals surface area (Å²) in [6, 6.07) is 31.4. The standard InChI is InChI=1S/C23H32.C22H30.C21H40.C18H24.C12H18.3C8H10/c1-12-14(3)18(7)22(19(8)15(12)4)11-23-20(9)16(5)13(2)17(6)21(23)10;1-11-13(3)17(7)21(18(8)14(11)4)22-19(9)15(5)12(2)16(6)20(22)10;1-11-13(3)17(7)21(18(8)14(11)4)19(9)15(5)12(2)16(6)20(21)10;1-9-10(2)14(6)18-16(8)12(4)11(3)15(7)17(18)13(9)5;1-7-8(2)10(4)12(6)11(5)9(7)3;3*1-2-8-6-4-3-5-7-8/h11H2,1-10H3;1-10H3;11-20H,1-10H3;1-8H3;1-6H3;3*3-7H,2H2,1H3. The molecule has 12 rings (SSSR count). The van der Waals surface area contributed by atoms with Gasteiger partial charge in [0, 0.05) is 0 Å². The third kappa shape index (κ3) is 21.1. The van der Waals surface area contributed by atoms with Crippen LogP contribution in [0.3, 0.4) is 0 Å². The third-order valence-corrected chi connectivity index (χ3v) is 34.8. The van der Waals surface area contributed by atoms with Crippen LogP contribution in [0.5, 0.6) is 0 Å². The normalized spacial score (nSPS) is 19.6. The summed E-state index contributed by atoms with van der Waals surface area (Å²) in [4.78, 5) is 0. The second-order valence-corrected chi connectivity index (χ2v) is 38.7. The Bertz CT molecular complexity index is 4530. The van der Waals surface area contributed by atoms with Gasteiger partial charge in [-0.15, -0.1) is 0 Å². The summed E-state index contributed by atoms with van der Waals surface area (Å²) < 4.78 is 0. The summed E-state index contributed by atoms with van der Waals surface area (Å²) in [7, 11) is 0. The minimum absolute atomic E-state index is 0.538. The van der Waals surface area contributed by atoms with Crippen molar-refractivity contribution in [3.63, 3.8) is 0 Å². The Balaban J connectivity index is 0.000000251. The molecule has 0 N–H and O–H groups in total. The Kier molecular flexibility index (Phi) is 37.5. The number of hydrogen-bond donors (Lipinski definition) is 0. The van der Waals surface area contributed by atoms with Gasteiger partial charge in [-0.2, -0.15) is 0 Å². The van der Waals surface area contributed by atoms with Crippen molar-refractivity contribution in [2.75, 3.05) is 0 Å². The van der Waals surface area contributed by atoms with Gasteiger partial charge in [0.15, 0.2) is 0 Å². The molecule has 0 radical (unpaired) electrons. The van der Waals surface area contributed by atoms with Crippen LogP contribution in [0.1, 0.15) is 307 Å². The first kappa shape index (κ1) is 103. The van der Waals surface area contributed by atoms with E-state index in [1.54, 1.807) is 0 Å². The molecule has 0 saturated heterocycles. The number of fused-ring (bicyclic) bond motifs is 1. The van der Waals surface area contributed by atoms with E-state index in [9.17, 15) is 0 Å². The maximum absolute atomic E-state index is 2.59. The van der Waals surface area contributed by atoms with Crippen LogP contribution in [-0.2, 0) is 25.7 Å². The summed E-state index contributed by atoms with van der Waals surface area (Å²) in [5.41, 5.74) is 60.1. The minimum Gasteiger partial charge on any atom is -0.0622 e. The summed E-state index contributed by atoms with van der Waals surface area (Å²) in [5.74, 6) is 8.55. The van der Waals surface area contributed by atoms with Crippen molar-refractivity contribution in [3.8, 4) is 11.1 Å². The van der Waals surface area contributed by atoms with Gasteiger partial charge < -0.3 is 0 Å². The van der Waals surface area contributed by atoms with Crippen molar-refractivity contribution in [1.82, 2.24) is 0 Å². The lowest BCUT2D eigenvalue weighted by Gasteiger charge is -2.67. The molecule has 8 unspecified atom stereocenters. The smallest absolute Gasteiger partial charge is 0.00149 e. The summed E-state index contributed by atoms with van der Waals surface area (Å²) in [6.07, 6.45) is 4.47. The SMILES string of the molecule is CC1C(C)C(C)C2(C(C)C1C)C(C)C(C)C(C)C(C)C2C.CCc1ccccc1.CCc1ccccc1.CCc1ccccc1.Cc1c(C)c(C)c(-c2c(C)c(C)c(C)c(C)c2C)c(C)c1C.Cc1c(C)c(C)c(C)c(C)c1C.Cc1c(C)c(C)c(Cc2c(C)c(C)c(C)c(C)c2C)c(C)c1C.Cc1c(C)c(C)c2c(C)c(C)c(C)c(C)c2c1C. The Morgan fingerprint density at radius 3 is 0.467 bits per heavy atom. The Labute approximate surface area is 740 Å². The average Bonchev–Trinajstić information content (AvgIpc) is 0.590. The fraction of sp³-hybridized carbons (Fsp3) is 0.517. The molecular weight excluding hydrogens is 1440 g/mol. The highest BCUT2D eigenvalue weighted by Crippen LogP contribution is 2.66. The molecule has 0 heteroatoms. The van der Waals surface area contributed by atoms with Crippen LogP contribution in [0.4, 0.5) is 0 Å². The van der Waals surface area contributed by atoms with E-state index in [0.717, 1.165) is 84.9 Å². The zero-order valence-electron chi connectivity index (χ0n) is 86.3. The zero-order chi connectivity index (χ0) is 91.5. The highest BCUT2D eigenvalue weighted by Gasteiger charge is 2.61.